The molecule has 1 aliphatic rings. The summed E-state index contributed by atoms with van der Waals surface area (Å²) in [6.45, 7) is 4.55. The zero-order chi connectivity index (χ0) is 32.9. The standard InChI is InChI=1S/C48H30N2/c1-30-12-10-11-25-49(33-22-23-38-36-15-3-2-13-34(36)35-14-4-5-16-37(35)42(38)29-33)45-24-21-31(26-41(30)45)32-27-43-39-17-6-8-19-46(39)50-47-20-9-7-18-40(47)44(28-32)48(43)50/h2-29H,1H2/b12-10-,25-11-. The van der Waals surface area contributed by atoms with E-state index in [9.17, 15) is 0 Å². The van der Waals surface area contributed by atoms with E-state index < -0.39 is 0 Å². The summed E-state index contributed by atoms with van der Waals surface area (Å²) in [5.41, 5.74) is 10.5. The fraction of sp³-hybridized carbons (Fsp3) is 0. The molecule has 10 aromatic rings. The largest absolute Gasteiger partial charge is 0.317 e. The number of anilines is 2. The van der Waals surface area contributed by atoms with E-state index in [1.165, 1.54) is 81.5 Å². The van der Waals surface area contributed by atoms with Crippen molar-refractivity contribution < 1.29 is 0 Å². The molecule has 50 heavy (non-hydrogen) atoms. The minimum absolute atomic E-state index is 0.987. The van der Waals surface area contributed by atoms with Crippen LogP contribution in [0.5, 0.6) is 0 Å². The minimum atomic E-state index is 0.987. The second-order valence-electron chi connectivity index (χ2n) is 13.4. The molecule has 0 saturated heterocycles. The first-order valence-corrected chi connectivity index (χ1v) is 17.2. The Bertz CT molecular complexity index is 3000. The molecule has 0 saturated carbocycles. The maximum Gasteiger partial charge on any atom is 0.0620 e. The number of hydrogen-bond donors (Lipinski definition) is 0. The van der Waals surface area contributed by atoms with Gasteiger partial charge in [-0.1, -0.05) is 116 Å². The van der Waals surface area contributed by atoms with E-state index in [4.69, 9.17) is 0 Å². The fourth-order valence-corrected chi connectivity index (χ4v) is 8.55. The summed E-state index contributed by atoms with van der Waals surface area (Å²) in [4.78, 5) is 2.31. The molecule has 0 radical (unpaired) electrons. The highest BCUT2D eigenvalue weighted by molar-refractivity contribution is 6.26. The minimum Gasteiger partial charge on any atom is -0.317 e. The van der Waals surface area contributed by atoms with Crippen molar-refractivity contribution in [2.24, 2.45) is 0 Å². The molecule has 0 aliphatic carbocycles. The van der Waals surface area contributed by atoms with Crippen LogP contribution in [0.3, 0.4) is 0 Å². The molecule has 8 aromatic carbocycles. The Balaban J connectivity index is 1.12. The highest BCUT2D eigenvalue weighted by Crippen LogP contribution is 2.44. The lowest BCUT2D eigenvalue weighted by Crippen LogP contribution is -2.11. The van der Waals surface area contributed by atoms with Crippen LogP contribution in [0.2, 0.25) is 0 Å². The lowest BCUT2D eigenvalue weighted by atomic mass is 9.93. The zero-order valence-electron chi connectivity index (χ0n) is 27.3. The molecule has 232 valence electrons. The molecular weight excluding hydrogens is 605 g/mol. The quantitative estimate of drug-likeness (QED) is 0.172. The van der Waals surface area contributed by atoms with E-state index in [1.807, 2.05) is 0 Å². The number of para-hydroxylation sites is 2. The molecule has 11 rings (SSSR count). The van der Waals surface area contributed by atoms with E-state index in [2.05, 4.69) is 186 Å². The van der Waals surface area contributed by atoms with Crippen LogP contribution in [0.4, 0.5) is 11.4 Å². The first kappa shape index (κ1) is 27.3. The number of rotatable bonds is 2. The van der Waals surface area contributed by atoms with Crippen LogP contribution < -0.4 is 4.90 Å². The Morgan fingerprint density at radius 2 is 0.980 bits per heavy atom. The average molecular weight is 635 g/mol. The molecule has 2 aromatic heterocycles. The molecule has 0 spiro atoms. The maximum atomic E-state index is 4.55. The average Bonchev–Trinajstić information content (AvgIpc) is 3.69. The smallest absolute Gasteiger partial charge is 0.0620 e. The molecule has 3 heterocycles. The normalized spacial score (nSPS) is 14.7. The van der Waals surface area contributed by atoms with Crippen molar-refractivity contribution in [1.82, 2.24) is 4.40 Å². The SMILES string of the molecule is C=C1/C=C\C=C/N(c2ccc3c4ccccc4c4ccccc4c3c2)c2ccc(-c3cc4c5ccccc5n5c6ccccc6c(c3)c45)cc21. The highest BCUT2D eigenvalue weighted by atomic mass is 15.1. The molecule has 2 nitrogen and oxygen atoms in total. The summed E-state index contributed by atoms with van der Waals surface area (Å²) in [5, 5.41) is 12.8. The van der Waals surface area contributed by atoms with Crippen molar-refractivity contribution in [2.45, 2.75) is 0 Å². The molecule has 0 fully saturated rings. The van der Waals surface area contributed by atoms with Gasteiger partial charge in [-0.15, -0.1) is 0 Å². The van der Waals surface area contributed by atoms with E-state index in [0.29, 0.717) is 0 Å². The van der Waals surface area contributed by atoms with E-state index >= 15 is 0 Å². The first-order valence-electron chi connectivity index (χ1n) is 17.2. The van der Waals surface area contributed by atoms with Crippen LogP contribution in [-0.4, -0.2) is 4.40 Å². The van der Waals surface area contributed by atoms with Crippen LogP contribution in [0.15, 0.2) is 177 Å². The Morgan fingerprint density at radius 3 is 1.62 bits per heavy atom. The summed E-state index contributed by atoms with van der Waals surface area (Å²) >= 11 is 0. The van der Waals surface area contributed by atoms with Gasteiger partial charge in [0.25, 0.3) is 0 Å². The summed E-state index contributed by atoms with van der Waals surface area (Å²) in [6.07, 6.45) is 8.48. The van der Waals surface area contributed by atoms with Gasteiger partial charge in [-0.3, -0.25) is 0 Å². The van der Waals surface area contributed by atoms with Crippen LogP contribution in [0.25, 0.3) is 87.1 Å². The Kier molecular flexibility index (Phi) is 5.56. The summed E-state index contributed by atoms with van der Waals surface area (Å²) < 4.78 is 2.44. The van der Waals surface area contributed by atoms with E-state index in [0.717, 1.165) is 22.5 Å². The molecule has 0 N–H and O–H groups in total. The van der Waals surface area contributed by atoms with E-state index in [-0.39, 0.29) is 0 Å². The first-order chi connectivity index (χ1) is 24.7. The van der Waals surface area contributed by atoms with Crippen LogP contribution in [0, 0.1) is 0 Å². The van der Waals surface area contributed by atoms with Crippen molar-refractivity contribution >= 4 is 87.4 Å². The summed E-state index contributed by atoms with van der Waals surface area (Å²) in [7, 11) is 0. The van der Waals surface area contributed by atoms with Crippen LogP contribution >= 0.6 is 0 Å². The molecule has 2 heteroatoms. The van der Waals surface area contributed by atoms with Gasteiger partial charge in [0.2, 0.25) is 0 Å². The maximum absolute atomic E-state index is 4.55. The van der Waals surface area contributed by atoms with Crippen molar-refractivity contribution in [3.63, 3.8) is 0 Å². The molecule has 0 unspecified atom stereocenters. The third-order valence-corrected chi connectivity index (χ3v) is 10.8. The molecule has 1 aliphatic heterocycles. The van der Waals surface area contributed by atoms with Gasteiger partial charge in [-0.2, -0.15) is 0 Å². The lowest BCUT2D eigenvalue weighted by Gasteiger charge is -2.26. The van der Waals surface area contributed by atoms with Crippen molar-refractivity contribution in [3.8, 4) is 11.1 Å². The molecule has 0 amide bonds. The Labute approximate surface area is 289 Å². The number of aromatic nitrogens is 1. The van der Waals surface area contributed by atoms with Crippen molar-refractivity contribution in [3.05, 3.63) is 182 Å². The lowest BCUT2D eigenvalue weighted by molar-refractivity contribution is 1.27. The molecular formula is C48H30N2. The van der Waals surface area contributed by atoms with Crippen LogP contribution in [-0.2, 0) is 0 Å². The highest BCUT2D eigenvalue weighted by Gasteiger charge is 2.21. The predicted molar refractivity (Wildman–Crippen MR) is 215 cm³/mol. The fourth-order valence-electron chi connectivity index (χ4n) is 8.55. The van der Waals surface area contributed by atoms with Crippen molar-refractivity contribution in [2.75, 3.05) is 4.90 Å². The van der Waals surface area contributed by atoms with Gasteiger partial charge in [-0.25, -0.2) is 0 Å². The van der Waals surface area contributed by atoms with Crippen LogP contribution in [0.1, 0.15) is 5.56 Å². The third kappa shape index (κ3) is 3.73. The van der Waals surface area contributed by atoms with Gasteiger partial charge in [0.15, 0.2) is 0 Å². The number of hydrogen-bond acceptors (Lipinski definition) is 1. The van der Waals surface area contributed by atoms with Gasteiger partial charge < -0.3 is 9.30 Å². The monoisotopic (exact) mass is 634 g/mol. The van der Waals surface area contributed by atoms with Crippen molar-refractivity contribution in [1.29, 1.82) is 0 Å². The second kappa shape index (κ2) is 10.2. The summed E-state index contributed by atoms with van der Waals surface area (Å²) in [5.74, 6) is 0. The number of allylic oxidation sites excluding steroid dienone is 4. The van der Waals surface area contributed by atoms with Gasteiger partial charge >= 0.3 is 0 Å². The Morgan fingerprint density at radius 1 is 0.420 bits per heavy atom. The second-order valence-corrected chi connectivity index (χ2v) is 13.4. The van der Waals surface area contributed by atoms with Gasteiger partial charge in [0.1, 0.15) is 0 Å². The molecule has 0 atom stereocenters. The van der Waals surface area contributed by atoms with Gasteiger partial charge in [0, 0.05) is 39.0 Å². The van der Waals surface area contributed by atoms with Gasteiger partial charge in [-0.05, 0) is 104 Å². The van der Waals surface area contributed by atoms with Gasteiger partial charge in [0.05, 0.1) is 22.2 Å². The topological polar surface area (TPSA) is 7.65 Å². The zero-order valence-corrected chi connectivity index (χ0v) is 27.3. The van der Waals surface area contributed by atoms with E-state index in [1.54, 1.807) is 0 Å². The predicted octanol–water partition coefficient (Wildman–Crippen LogP) is 13.2. The molecule has 0 bridgehead atoms. The Hall–Kier alpha value is -6.64. The number of fused-ring (bicyclic) bond motifs is 13. The summed E-state index contributed by atoms with van der Waals surface area (Å²) in [6, 6.07) is 53.6. The number of nitrogens with zero attached hydrogens (tertiary/aromatic N) is 2. The third-order valence-electron chi connectivity index (χ3n) is 10.8. The number of benzene rings is 8.